The summed E-state index contributed by atoms with van der Waals surface area (Å²) >= 11 is 3.45. The number of benzene rings is 1. The summed E-state index contributed by atoms with van der Waals surface area (Å²) in [4.78, 5) is 0. The monoisotopic (exact) mass is 279 g/mol. The molecule has 0 bridgehead atoms. The summed E-state index contributed by atoms with van der Waals surface area (Å²) in [5.41, 5.74) is 3.23. The maximum absolute atomic E-state index is 9.46. The molecular weight excluding hydrogens is 270 g/mol. The van der Waals surface area contributed by atoms with Crippen LogP contribution in [-0.4, -0.2) is 14.9 Å². The minimum Gasteiger partial charge on any atom is -0.508 e. The standard InChI is InChI=1S/C11H10BrN3O/c12-11-9-5-13-6-10(9)15(14-11)7-2-1-3-8(16)4-7/h1-4,13,16H,5-6H2. The SMILES string of the molecule is Oc1cccc(-n2nc(Br)c3c2CNC3)c1. The van der Waals surface area contributed by atoms with Gasteiger partial charge in [-0.2, -0.15) is 5.10 Å². The number of phenols is 1. The van der Waals surface area contributed by atoms with Gasteiger partial charge in [-0.25, -0.2) is 4.68 Å². The van der Waals surface area contributed by atoms with Gasteiger partial charge in [0.25, 0.3) is 0 Å². The van der Waals surface area contributed by atoms with Crippen LogP contribution >= 0.6 is 15.9 Å². The number of hydrogen-bond donors (Lipinski definition) is 2. The quantitative estimate of drug-likeness (QED) is 0.839. The van der Waals surface area contributed by atoms with Gasteiger partial charge in [0.2, 0.25) is 0 Å². The van der Waals surface area contributed by atoms with Crippen molar-refractivity contribution in [1.82, 2.24) is 15.1 Å². The molecule has 0 amide bonds. The van der Waals surface area contributed by atoms with Crippen LogP contribution in [0.4, 0.5) is 0 Å². The molecule has 82 valence electrons. The molecule has 0 fully saturated rings. The van der Waals surface area contributed by atoms with Crippen LogP contribution in [0.2, 0.25) is 0 Å². The molecule has 2 heterocycles. The van der Waals surface area contributed by atoms with Gasteiger partial charge < -0.3 is 10.4 Å². The number of hydrogen-bond acceptors (Lipinski definition) is 3. The van der Waals surface area contributed by atoms with Gasteiger partial charge in [0, 0.05) is 24.7 Å². The highest BCUT2D eigenvalue weighted by Crippen LogP contribution is 2.27. The molecule has 1 aliphatic rings. The van der Waals surface area contributed by atoms with E-state index in [4.69, 9.17) is 0 Å². The third-order valence-electron chi connectivity index (χ3n) is 2.71. The van der Waals surface area contributed by atoms with Crippen LogP contribution in [0, 0.1) is 0 Å². The van der Waals surface area contributed by atoms with Crippen LogP contribution in [0.15, 0.2) is 28.9 Å². The maximum atomic E-state index is 9.46. The number of rotatable bonds is 1. The van der Waals surface area contributed by atoms with Crippen LogP contribution < -0.4 is 5.32 Å². The van der Waals surface area contributed by atoms with Gasteiger partial charge in [-0.1, -0.05) is 6.07 Å². The molecule has 1 aromatic heterocycles. The molecule has 0 radical (unpaired) electrons. The summed E-state index contributed by atoms with van der Waals surface area (Å²) < 4.78 is 2.73. The van der Waals surface area contributed by atoms with Gasteiger partial charge in [0.05, 0.1) is 11.4 Å². The van der Waals surface area contributed by atoms with Crippen molar-refractivity contribution in [2.24, 2.45) is 0 Å². The van der Waals surface area contributed by atoms with Crippen LogP contribution in [0.3, 0.4) is 0 Å². The molecule has 0 unspecified atom stereocenters. The Balaban J connectivity index is 2.17. The molecule has 0 spiro atoms. The van der Waals surface area contributed by atoms with E-state index in [1.54, 1.807) is 12.1 Å². The van der Waals surface area contributed by atoms with E-state index in [1.807, 2.05) is 16.8 Å². The van der Waals surface area contributed by atoms with Crippen molar-refractivity contribution in [3.8, 4) is 11.4 Å². The smallest absolute Gasteiger partial charge is 0.133 e. The molecule has 1 aromatic carbocycles. The Morgan fingerprint density at radius 2 is 2.25 bits per heavy atom. The number of aromatic nitrogens is 2. The Bertz CT molecular complexity index is 550. The van der Waals surface area contributed by atoms with E-state index in [0.717, 1.165) is 29.1 Å². The van der Waals surface area contributed by atoms with Gasteiger partial charge in [-0.15, -0.1) is 0 Å². The molecule has 0 aliphatic carbocycles. The molecule has 3 rings (SSSR count). The van der Waals surface area contributed by atoms with Crippen molar-refractivity contribution >= 4 is 15.9 Å². The molecule has 2 N–H and O–H groups in total. The number of phenolic OH excluding ortho intramolecular Hbond substituents is 1. The van der Waals surface area contributed by atoms with Crippen molar-refractivity contribution in [3.63, 3.8) is 0 Å². The lowest BCUT2D eigenvalue weighted by atomic mass is 10.2. The van der Waals surface area contributed by atoms with E-state index >= 15 is 0 Å². The number of halogens is 1. The number of nitrogens with zero attached hydrogens (tertiary/aromatic N) is 2. The summed E-state index contributed by atoms with van der Waals surface area (Å²) in [5.74, 6) is 0.254. The molecule has 16 heavy (non-hydrogen) atoms. The highest BCUT2D eigenvalue weighted by molar-refractivity contribution is 9.10. The van der Waals surface area contributed by atoms with Gasteiger partial charge in [-0.3, -0.25) is 0 Å². The molecule has 2 aromatic rings. The average molecular weight is 280 g/mol. The summed E-state index contributed by atoms with van der Waals surface area (Å²) in [7, 11) is 0. The third-order valence-corrected chi connectivity index (χ3v) is 3.35. The minimum atomic E-state index is 0.254. The molecule has 1 aliphatic heterocycles. The van der Waals surface area contributed by atoms with Gasteiger partial charge in [0.15, 0.2) is 0 Å². The zero-order valence-electron chi connectivity index (χ0n) is 8.44. The van der Waals surface area contributed by atoms with E-state index in [9.17, 15) is 5.11 Å². The lowest BCUT2D eigenvalue weighted by molar-refractivity contribution is 0.474. The lowest BCUT2D eigenvalue weighted by Crippen LogP contribution is -2.07. The summed E-state index contributed by atoms with van der Waals surface area (Å²) in [5, 5.41) is 17.2. The zero-order valence-corrected chi connectivity index (χ0v) is 10.0. The molecule has 5 heteroatoms. The van der Waals surface area contributed by atoms with Crippen LogP contribution in [-0.2, 0) is 13.1 Å². The Morgan fingerprint density at radius 1 is 1.38 bits per heavy atom. The first-order valence-electron chi connectivity index (χ1n) is 5.02. The van der Waals surface area contributed by atoms with Crippen molar-refractivity contribution in [2.75, 3.05) is 0 Å². The fraction of sp³-hybridized carbons (Fsp3) is 0.182. The second-order valence-corrected chi connectivity index (χ2v) is 4.50. The van der Waals surface area contributed by atoms with E-state index in [2.05, 4.69) is 26.3 Å². The summed E-state index contributed by atoms with van der Waals surface area (Å²) in [6.07, 6.45) is 0. The van der Waals surface area contributed by atoms with Crippen LogP contribution in [0.25, 0.3) is 5.69 Å². The van der Waals surface area contributed by atoms with Crippen molar-refractivity contribution in [1.29, 1.82) is 0 Å². The third kappa shape index (κ3) is 1.44. The Hall–Kier alpha value is -1.33. The predicted octanol–water partition coefficient (Wildman–Crippen LogP) is 1.94. The molecular formula is C11H10BrN3O. The molecule has 0 atom stereocenters. The zero-order chi connectivity index (χ0) is 11.1. The summed E-state index contributed by atoms with van der Waals surface area (Å²) in [6, 6.07) is 7.10. The fourth-order valence-electron chi connectivity index (χ4n) is 1.96. The first-order valence-corrected chi connectivity index (χ1v) is 5.81. The Kier molecular flexibility index (Phi) is 2.22. The average Bonchev–Trinajstić information content (AvgIpc) is 2.83. The highest BCUT2D eigenvalue weighted by Gasteiger charge is 2.21. The normalized spacial score (nSPS) is 14.1. The van der Waals surface area contributed by atoms with Crippen LogP contribution in [0.5, 0.6) is 5.75 Å². The van der Waals surface area contributed by atoms with E-state index in [-0.39, 0.29) is 5.75 Å². The Labute approximate surface area is 101 Å². The Morgan fingerprint density at radius 3 is 3.06 bits per heavy atom. The number of fused-ring (bicyclic) bond motifs is 1. The van der Waals surface area contributed by atoms with E-state index in [1.165, 1.54) is 5.56 Å². The lowest BCUT2D eigenvalue weighted by Gasteiger charge is -2.05. The second kappa shape index (κ2) is 3.61. The topological polar surface area (TPSA) is 50.1 Å². The number of nitrogens with one attached hydrogen (secondary N) is 1. The number of aromatic hydroxyl groups is 1. The van der Waals surface area contributed by atoms with Gasteiger partial charge >= 0.3 is 0 Å². The highest BCUT2D eigenvalue weighted by atomic mass is 79.9. The fourth-order valence-corrected chi connectivity index (χ4v) is 2.48. The van der Waals surface area contributed by atoms with Crippen molar-refractivity contribution < 1.29 is 5.11 Å². The van der Waals surface area contributed by atoms with Crippen molar-refractivity contribution in [3.05, 3.63) is 40.1 Å². The minimum absolute atomic E-state index is 0.254. The predicted molar refractivity (Wildman–Crippen MR) is 63.5 cm³/mol. The van der Waals surface area contributed by atoms with E-state index < -0.39 is 0 Å². The molecule has 0 saturated heterocycles. The van der Waals surface area contributed by atoms with Gasteiger partial charge in [0.1, 0.15) is 10.4 Å². The first kappa shape index (κ1) is 9.86. The van der Waals surface area contributed by atoms with Crippen LogP contribution in [0.1, 0.15) is 11.3 Å². The van der Waals surface area contributed by atoms with Crippen molar-refractivity contribution in [2.45, 2.75) is 13.1 Å². The molecule has 0 saturated carbocycles. The second-order valence-electron chi connectivity index (χ2n) is 3.75. The summed E-state index contributed by atoms with van der Waals surface area (Å²) in [6.45, 7) is 1.65. The van der Waals surface area contributed by atoms with E-state index in [0.29, 0.717) is 0 Å². The van der Waals surface area contributed by atoms with Gasteiger partial charge in [-0.05, 0) is 28.1 Å². The molecule has 4 nitrogen and oxygen atoms in total. The maximum Gasteiger partial charge on any atom is 0.133 e. The largest absolute Gasteiger partial charge is 0.508 e. The first-order chi connectivity index (χ1) is 7.75.